The number of aromatic nitrogens is 1. The smallest absolute Gasteiger partial charge is 0.191 e. The van der Waals surface area contributed by atoms with Crippen LogP contribution >= 0.6 is 24.0 Å². The van der Waals surface area contributed by atoms with Gasteiger partial charge in [0.1, 0.15) is 5.82 Å². The number of nitrogens with zero attached hydrogens (tertiary/aromatic N) is 4. The van der Waals surface area contributed by atoms with Crippen LogP contribution in [0.2, 0.25) is 0 Å². The SMILES string of the molecule is CCNC(=NCC(C)N1CCOCC1C)NC1CCN(c2ccccn2)CC1.I. The fourth-order valence-electron chi connectivity index (χ4n) is 4.03. The number of ether oxygens (including phenoxy) is 1. The first-order chi connectivity index (χ1) is 13.7. The van der Waals surface area contributed by atoms with Gasteiger partial charge in [0.15, 0.2) is 5.96 Å². The Bertz CT molecular complexity index is 608. The number of nitrogens with one attached hydrogen (secondary N) is 2. The van der Waals surface area contributed by atoms with Gasteiger partial charge in [0, 0.05) is 50.5 Å². The summed E-state index contributed by atoms with van der Waals surface area (Å²) in [6.45, 7) is 13.0. The monoisotopic (exact) mass is 516 g/mol. The summed E-state index contributed by atoms with van der Waals surface area (Å²) in [5, 5.41) is 7.06. The van der Waals surface area contributed by atoms with E-state index >= 15 is 0 Å². The van der Waals surface area contributed by atoms with Crippen molar-refractivity contribution in [3.8, 4) is 0 Å². The summed E-state index contributed by atoms with van der Waals surface area (Å²) in [4.78, 5) is 14.2. The van der Waals surface area contributed by atoms with Crippen molar-refractivity contribution in [1.29, 1.82) is 0 Å². The molecule has 2 unspecified atom stereocenters. The quantitative estimate of drug-likeness (QED) is 0.344. The minimum atomic E-state index is 0. The van der Waals surface area contributed by atoms with Gasteiger partial charge in [0.2, 0.25) is 0 Å². The fourth-order valence-corrected chi connectivity index (χ4v) is 4.03. The number of rotatable bonds is 6. The standard InChI is InChI=1S/C21H36N6O.HI/c1-4-22-21(24-15-17(2)27-13-14-28-16-18(27)3)25-19-8-11-26(12-9-19)20-7-5-6-10-23-20;/h5-7,10,17-19H,4,8-9,11-16H2,1-3H3,(H2,22,24,25);1H. The van der Waals surface area contributed by atoms with Crippen molar-refractivity contribution in [3.05, 3.63) is 24.4 Å². The van der Waals surface area contributed by atoms with Crippen molar-refractivity contribution in [2.75, 3.05) is 50.8 Å². The van der Waals surface area contributed by atoms with Crippen LogP contribution in [0.25, 0.3) is 0 Å². The largest absolute Gasteiger partial charge is 0.379 e. The highest BCUT2D eigenvalue weighted by molar-refractivity contribution is 14.0. The summed E-state index contributed by atoms with van der Waals surface area (Å²) in [6.07, 6.45) is 4.06. The van der Waals surface area contributed by atoms with Crippen molar-refractivity contribution in [2.24, 2.45) is 4.99 Å². The number of aliphatic imine (C=N–C) groups is 1. The molecular formula is C21H37IN6O. The highest BCUT2D eigenvalue weighted by atomic mass is 127. The van der Waals surface area contributed by atoms with Gasteiger partial charge in [-0.3, -0.25) is 9.89 Å². The van der Waals surface area contributed by atoms with Crippen LogP contribution in [0.4, 0.5) is 5.82 Å². The lowest BCUT2D eigenvalue weighted by atomic mass is 10.1. The van der Waals surface area contributed by atoms with Gasteiger partial charge in [-0.05, 0) is 45.7 Å². The molecule has 7 nitrogen and oxygen atoms in total. The van der Waals surface area contributed by atoms with Gasteiger partial charge in [0.25, 0.3) is 0 Å². The highest BCUT2D eigenvalue weighted by Gasteiger charge is 2.24. The van der Waals surface area contributed by atoms with Crippen LogP contribution in [0.5, 0.6) is 0 Å². The van der Waals surface area contributed by atoms with Gasteiger partial charge in [-0.1, -0.05) is 6.07 Å². The van der Waals surface area contributed by atoms with E-state index in [4.69, 9.17) is 9.73 Å². The van der Waals surface area contributed by atoms with Crippen molar-refractivity contribution >= 4 is 35.8 Å². The molecule has 0 bridgehead atoms. The van der Waals surface area contributed by atoms with E-state index in [9.17, 15) is 0 Å². The van der Waals surface area contributed by atoms with Crippen molar-refractivity contribution in [3.63, 3.8) is 0 Å². The van der Waals surface area contributed by atoms with E-state index in [0.29, 0.717) is 18.1 Å². The first-order valence-electron chi connectivity index (χ1n) is 10.7. The molecule has 3 heterocycles. The van der Waals surface area contributed by atoms with Crippen LogP contribution in [-0.4, -0.2) is 79.9 Å². The van der Waals surface area contributed by atoms with E-state index in [0.717, 1.165) is 70.6 Å². The van der Waals surface area contributed by atoms with Crippen LogP contribution in [0.3, 0.4) is 0 Å². The van der Waals surface area contributed by atoms with Crippen molar-refractivity contribution in [2.45, 2.75) is 51.7 Å². The van der Waals surface area contributed by atoms with Crippen LogP contribution in [0, 0.1) is 0 Å². The Balaban J connectivity index is 0.00000300. The average molecular weight is 516 g/mol. The molecular weight excluding hydrogens is 479 g/mol. The maximum Gasteiger partial charge on any atom is 0.191 e. The third-order valence-electron chi connectivity index (χ3n) is 5.65. The van der Waals surface area contributed by atoms with Crippen molar-refractivity contribution in [1.82, 2.24) is 20.5 Å². The van der Waals surface area contributed by atoms with Gasteiger partial charge < -0.3 is 20.3 Å². The molecule has 2 N–H and O–H groups in total. The summed E-state index contributed by atoms with van der Waals surface area (Å²) in [6, 6.07) is 7.45. The first kappa shape index (κ1) is 24.1. The van der Waals surface area contributed by atoms with E-state index in [1.54, 1.807) is 0 Å². The van der Waals surface area contributed by atoms with E-state index in [2.05, 4.69) is 58.3 Å². The molecule has 1 aromatic rings. The minimum absolute atomic E-state index is 0. The third-order valence-corrected chi connectivity index (χ3v) is 5.65. The molecule has 29 heavy (non-hydrogen) atoms. The zero-order chi connectivity index (χ0) is 19.8. The second-order valence-electron chi connectivity index (χ2n) is 7.82. The molecule has 0 aromatic carbocycles. The maximum atomic E-state index is 5.56. The molecule has 1 aromatic heterocycles. The second-order valence-corrected chi connectivity index (χ2v) is 7.82. The minimum Gasteiger partial charge on any atom is -0.379 e. The lowest BCUT2D eigenvalue weighted by Gasteiger charge is -2.37. The molecule has 0 radical (unpaired) electrons. The summed E-state index contributed by atoms with van der Waals surface area (Å²) in [5.74, 6) is 2.02. The molecule has 2 aliphatic heterocycles. The van der Waals surface area contributed by atoms with Crippen LogP contribution < -0.4 is 15.5 Å². The van der Waals surface area contributed by atoms with E-state index in [-0.39, 0.29) is 24.0 Å². The molecule has 8 heteroatoms. The number of anilines is 1. The Morgan fingerprint density at radius 3 is 2.76 bits per heavy atom. The average Bonchev–Trinajstić information content (AvgIpc) is 2.73. The third kappa shape index (κ3) is 7.25. The number of halogens is 1. The summed E-state index contributed by atoms with van der Waals surface area (Å²) >= 11 is 0. The molecule has 2 saturated heterocycles. The molecule has 0 saturated carbocycles. The molecule has 3 rings (SSSR count). The van der Waals surface area contributed by atoms with Gasteiger partial charge in [0.05, 0.1) is 19.8 Å². The number of morpholine rings is 1. The van der Waals surface area contributed by atoms with Crippen LogP contribution in [-0.2, 0) is 4.74 Å². The van der Waals surface area contributed by atoms with E-state index in [1.165, 1.54) is 0 Å². The Kier molecular flexibility index (Phi) is 10.4. The zero-order valence-electron chi connectivity index (χ0n) is 18.0. The summed E-state index contributed by atoms with van der Waals surface area (Å²) in [5.41, 5.74) is 0. The van der Waals surface area contributed by atoms with Gasteiger partial charge in [-0.25, -0.2) is 4.98 Å². The van der Waals surface area contributed by atoms with Crippen LogP contribution in [0.15, 0.2) is 29.4 Å². The highest BCUT2D eigenvalue weighted by Crippen LogP contribution is 2.17. The Morgan fingerprint density at radius 2 is 2.10 bits per heavy atom. The maximum absolute atomic E-state index is 5.56. The van der Waals surface area contributed by atoms with E-state index in [1.807, 2.05) is 12.3 Å². The molecule has 164 valence electrons. The van der Waals surface area contributed by atoms with E-state index < -0.39 is 0 Å². The first-order valence-corrected chi connectivity index (χ1v) is 10.7. The molecule has 0 aliphatic carbocycles. The normalized spacial score (nSPS) is 22.7. The lowest BCUT2D eigenvalue weighted by molar-refractivity contribution is -0.0165. The predicted octanol–water partition coefficient (Wildman–Crippen LogP) is 2.33. The topological polar surface area (TPSA) is 65.0 Å². The van der Waals surface area contributed by atoms with Gasteiger partial charge in [-0.15, -0.1) is 24.0 Å². The Morgan fingerprint density at radius 1 is 1.31 bits per heavy atom. The Hall–Kier alpha value is -1.13. The molecule has 2 fully saturated rings. The summed E-state index contributed by atoms with van der Waals surface area (Å²) in [7, 11) is 0. The number of hydrogen-bond donors (Lipinski definition) is 2. The molecule has 2 aliphatic rings. The number of guanidine groups is 1. The van der Waals surface area contributed by atoms with Gasteiger partial charge in [-0.2, -0.15) is 0 Å². The number of piperidine rings is 1. The van der Waals surface area contributed by atoms with Gasteiger partial charge >= 0.3 is 0 Å². The second kappa shape index (κ2) is 12.5. The Labute approximate surface area is 192 Å². The van der Waals surface area contributed by atoms with Crippen molar-refractivity contribution < 1.29 is 4.74 Å². The number of hydrogen-bond acceptors (Lipinski definition) is 5. The molecule has 2 atom stereocenters. The molecule has 0 amide bonds. The lowest BCUT2D eigenvalue weighted by Crippen LogP contribution is -2.51. The fraction of sp³-hybridized carbons (Fsp3) is 0.714. The molecule has 0 spiro atoms. The predicted molar refractivity (Wildman–Crippen MR) is 130 cm³/mol. The zero-order valence-corrected chi connectivity index (χ0v) is 20.3. The summed E-state index contributed by atoms with van der Waals surface area (Å²) < 4.78 is 5.56. The van der Waals surface area contributed by atoms with Crippen LogP contribution in [0.1, 0.15) is 33.6 Å². The number of pyridine rings is 1.